The van der Waals surface area contributed by atoms with Crippen LogP contribution in [0, 0.1) is 11.6 Å². The van der Waals surface area contributed by atoms with Crippen molar-refractivity contribution in [3.05, 3.63) is 52.3 Å². The molecule has 1 aromatic heterocycles. The molecule has 6 heteroatoms. The van der Waals surface area contributed by atoms with Gasteiger partial charge in [0.2, 0.25) is 0 Å². The Morgan fingerprint density at radius 3 is 2.32 bits per heavy atom. The Morgan fingerprint density at radius 2 is 1.79 bits per heavy atom. The SMILES string of the molecule is CC(C)n1ncc(Cl)c1C(O)c1cc(F)cc(F)c1. The molecule has 19 heavy (non-hydrogen) atoms. The summed E-state index contributed by atoms with van der Waals surface area (Å²) in [4.78, 5) is 0. The number of aromatic nitrogens is 2. The highest BCUT2D eigenvalue weighted by Gasteiger charge is 2.22. The fraction of sp³-hybridized carbons (Fsp3) is 0.308. The van der Waals surface area contributed by atoms with Crippen molar-refractivity contribution in [1.82, 2.24) is 9.78 Å². The first-order chi connectivity index (χ1) is 8.90. The van der Waals surface area contributed by atoms with Crippen LogP contribution in [0.25, 0.3) is 0 Å². The molecule has 1 N–H and O–H groups in total. The highest BCUT2D eigenvalue weighted by Crippen LogP contribution is 2.30. The Kier molecular flexibility index (Phi) is 3.87. The summed E-state index contributed by atoms with van der Waals surface area (Å²) in [6, 6.07) is 2.86. The van der Waals surface area contributed by atoms with Crippen LogP contribution in [0.15, 0.2) is 24.4 Å². The lowest BCUT2D eigenvalue weighted by atomic mass is 10.1. The van der Waals surface area contributed by atoms with Crippen LogP contribution in [-0.2, 0) is 0 Å². The summed E-state index contributed by atoms with van der Waals surface area (Å²) < 4.78 is 27.9. The first-order valence-electron chi connectivity index (χ1n) is 5.77. The van der Waals surface area contributed by atoms with E-state index in [-0.39, 0.29) is 16.6 Å². The molecule has 2 aromatic rings. The Balaban J connectivity index is 2.49. The van der Waals surface area contributed by atoms with Crippen molar-refractivity contribution < 1.29 is 13.9 Å². The molecule has 1 unspecified atom stereocenters. The Morgan fingerprint density at radius 1 is 1.21 bits per heavy atom. The molecule has 3 nitrogen and oxygen atoms in total. The van der Waals surface area contributed by atoms with Gasteiger partial charge in [-0.05, 0) is 31.5 Å². The molecular formula is C13H13ClF2N2O. The average molecular weight is 287 g/mol. The molecule has 0 saturated heterocycles. The lowest BCUT2D eigenvalue weighted by Gasteiger charge is -2.17. The number of aliphatic hydroxyl groups is 1. The van der Waals surface area contributed by atoms with Crippen molar-refractivity contribution in [3.63, 3.8) is 0 Å². The highest BCUT2D eigenvalue weighted by molar-refractivity contribution is 6.31. The summed E-state index contributed by atoms with van der Waals surface area (Å²) in [7, 11) is 0. The van der Waals surface area contributed by atoms with Gasteiger partial charge in [-0.25, -0.2) is 8.78 Å². The van der Waals surface area contributed by atoms with Crippen LogP contribution < -0.4 is 0 Å². The third kappa shape index (κ3) is 2.77. The van der Waals surface area contributed by atoms with Gasteiger partial charge in [-0.2, -0.15) is 5.10 Å². The van der Waals surface area contributed by atoms with Gasteiger partial charge in [0.15, 0.2) is 0 Å². The highest BCUT2D eigenvalue weighted by atomic mass is 35.5. The van der Waals surface area contributed by atoms with E-state index in [1.165, 1.54) is 10.9 Å². The van der Waals surface area contributed by atoms with Crippen molar-refractivity contribution in [2.75, 3.05) is 0 Å². The van der Waals surface area contributed by atoms with Crippen molar-refractivity contribution in [3.8, 4) is 0 Å². The quantitative estimate of drug-likeness (QED) is 0.938. The summed E-state index contributed by atoms with van der Waals surface area (Å²) in [5, 5.41) is 14.6. The van der Waals surface area contributed by atoms with Gasteiger partial charge >= 0.3 is 0 Å². The summed E-state index contributed by atoms with van der Waals surface area (Å²) in [6.07, 6.45) is 0.165. The standard InChI is InChI=1S/C13H13ClF2N2O/c1-7(2)18-12(11(14)6-17-18)13(19)8-3-9(15)5-10(16)4-8/h3-7,13,19H,1-2H3. The molecule has 102 valence electrons. The molecule has 0 aliphatic carbocycles. The predicted molar refractivity (Wildman–Crippen MR) is 68.0 cm³/mol. The monoisotopic (exact) mass is 286 g/mol. The molecule has 0 saturated carbocycles. The summed E-state index contributed by atoms with van der Waals surface area (Å²) in [5.74, 6) is -1.50. The van der Waals surface area contributed by atoms with Crippen molar-refractivity contribution >= 4 is 11.6 Å². The maximum Gasteiger partial charge on any atom is 0.126 e. The van der Waals surface area contributed by atoms with E-state index >= 15 is 0 Å². The third-order valence-electron chi connectivity index (χ3n) is 2.74. The topological polar surface area (TPSA) is 38.0 Å². The van der Waals surface area contributed by atoms with E-state index in [1.807, 2.05) is 13.8 Å². The van der Waals surface area contributed by atoms with E-state index in [1.54, 1.807) is 0 Å². The normalized spacial score (nSPS) is 13.0. The van der Waals surface area contributed by atoms with Crippen molar-refractivity contribution in [2.45, 2.75) is 26.0 Å². The van der Waals surface area contributed by atoms with E-state index in [0.29, 0.717) is 5.69 Å². The number of hydrogen-bond donors (Lipinski definition) is 1. The zero-order valence-corrected chi connectivity index (χ0v) is 11.2. The molecule has 0 aliphatic heterocycles. The van der Waals surface area contributed by atoms with Crippen LogP contribution >= 0.6 is 11.6 Å². The molecular weight excluding hydrogens is 274 g/mol. The van der Waals surface area contributed by atoms with Crippen molar-refractivity contribution in [2.24, 2.45) is 0 Å². The van der Waals surface area contributed by atoms with Gasteiger partial charge in [-0.3, -0.25) is 4.68 Å². The van der Waals surface area contributed by atoms with Gasteiger partial charge in [0, 0.05) is 12.1 Å². The third-order valence-corrected chi connectivity index (χ3v) is 3.03. The molecule has 0 spiro atoms. The van der Waals surface area contributed by atoms with Crippen LogP contribution in [0.1, 0.15) is 37.3 Å². The van der Waals surface area contributed by atoms with E-state index in [4.69, 9.17) is 11.6 Å². The lowest BCUT2D eigenvalue weighted by molar-refractivity contribution is 0.204. The number of rotatable bonds is 3. The van der Waals surface area contributed by atoms with Gasteiger partial charge in [0.05, 0.1) is 16.9 Å². The Labute approximate surface area is 114 Å². The van der Waals surface area contributed by atoms with Gasteiger partial charge in [0.25, 0.3) is 0 Å². The van der Waals surface area contributed by atoms with Crippen LogP contribution in [0.2, 0.25) is 5.02 Å². The lowest BCUT2D eigenvalue weighted by Crippen LogP contribution is -2.13. The number of aliphatic hydroxyl groups excluding tert-OH is 1. The average Bonchev–Trinajstić information content (AvgIpc) is 2.69. The molecule has 0 bridgehead atoms. The summed E-state index contributed by atoms with van der Waals surface area (Å²) in [5.41, 5.74) is 0.420. The Bertz CT molecular complexity index is 578. The molecule has 0 radical (unpaired) electrons. The second-order valence-corrected chi connectivity index (χ2v) is 4.93. The second kappa shape index (κ2) is 5.27. The minimum absolute atomic E-state index is 0.0319. The zero-order valence-electron chi connectivity index (χ0n) is 10.4. The Hall–Kier alpha value is -1.46. The molecule has 1 aromatic carbocycles. The van der Waals surface area contributed by atoms with E-state index in [2.05, 4.69) is 5.10 Å². The van der Waals surface area contributed by atoms with Gasteiger partial charge in [-0.15, -0.1) is 0 Å². The van der Waals surface area contributed by atoms with Gasteiger partial charge in [-0.1, -0.05) is 11.6 Å². The van der Waals surface area contributed by atoms with E-state index < -0.39 is 17.7 Å². The molecule has 0 fully saturated rings. The van der Waals surface area contributed by atoms with Crippen LogP contribution in [-0.4, -0.2) is 14.9 Å². The minimum Gasteiger partial charge on any atom is -0.382 e. The summed E-state index contributed by atoms with van der Waals surface area (Å²) in [6.45, 7) is 3.73. The van der Waals surface area contributed by atoms with Crippen LogP contribution in [0.5, 0.6) is 0 Å². The number of benzene rings is 1. The van der Waals surface area contributed by atoms with E-state index in [9.17, 15) is 13.9 Å². The molecule has 1 heterocycles. The zero-order chi connectivity index (χ0) is 14.2. The van der Waals surface area contributed by atoms with Crippen molar-refractivity contribution in [1.29, 1.82) is 0 Å². The maximum absolute atomic E-state index is 13.2. The van der Waals surface area contributed by atoms with Crippen LogP contribution in [0.4, 0.5) is 8.78 Å². The fourth-order valence-corrected chi connectivity index (χ4v) is 2.14. The predicted octanol–water partition coefficient (Wildman–Crippen LogP) is 3.48. The molecule has 0 aliphatic rings. The van der Waals surface area contributed by atoms with Gasteiger partial charge < -0.3 is 5.11 Å². The number of hydrogen-bond acceptors (Lipinski definition) is 2. The smallest absolute Gasteiger partial charge is 0.126 e. The van der Waals surface area contributed by atoms with Gasteiger partial charge in [0.1, 0.15) is 17.7 Å². The van der Waals surface area contributed by atoms with E-state index in [0.717, 1.165) is 18.2 Å². The summed E-state index contributed by atoms with van der Waals surface area (Å²) >= 11 is 5.98. The minimum atomic E-state index is -1.23. The molecule has 0 amide bonds. The second-order valence-electron chi connectivity index (χ2n) is 4.52. The first kappa shape index (κ1) is 14.0. The number of halogens is 3. The fourth-order valence-electron chi connectivity index (χ4n) is 1.91. The largest absolute Gasteiger partial charge is 0.382 e. The molecule has 1 atom stereocenters. The number of nitrogens with zero attached hydrogens (tertiary/aromatic N) is 2. The van der Waals surface area contributed by atoms with Crippen LogP contribution in [0.3, 0.4) is 0 Å². The molecule has 2 rings (SSSR count). The maximum atomic E-state index is 13.2. The first-order valence-corrected chi connectivity index (χ1v) is 6.15.